The lowest BCUT2D eigenvalue weighted by atomic mass is 10.1. The Morgan fingerprint density at radius 2 is 1.82 bits per heavy atom. The van der Waals surface area contributed by atoms with Gasteiger partial charge < -0.3 is 10.0 Å². The number of aliphatic hydroxyl groups excluding tert-OH is 1. The average molecular weight is 318 g/mol. The predicted molar refractivity (Wildman–Crippen MR) is 89.3 cm³/mol. The van der Waals surface area contributed by atoms with Crippen molar-refractivity contribution >= 4 is 17.3 Å². The summed E-state index contributed by atoms with van der Waals surface area (Å²) in [6.45, 7) is 4.41. The van der Waals surface area contributed by atoms with Gasteiger partial charge in [-0.1, -0.05) is 41.9 Å². The molecule has 116 valence electrons. The molecular weight excluding hydrogens is 298 g/mol. The summed E-state index contributed by atoms with van der Waals surface area (Å²) in [7, 11) is 0. The van der Waals surface area contributed by atoms with E-state index >= 15 is 0 Å². The first-order valence-corrected chi connectivity index (χ1v) is 7.92. The second-order valence-electron chi connectivity index (χ2n) is 5.55. The van der Waals surface area contributed by atoms with Crippen molar-refractivity contribution in [1.82, 2.24) is 9.88 Å². The van der Waals surface area contributed by atoms with Crippen molar-refractivity contribution in [1.29, 1.82) is 0 Å². The summed E-state index contributed by atoms with van der Waals surface area (Å²) in [6.07, 6.45) is 1.31. The van der Waals surface area contributed by atoms with E-state index in [1.807, 2.05) is 42.5 Å². The summed E-state index contributed by atoms with van der Waals surface area (Å²) in [6, 6.07) is 13.7. The van der Waals surface area contributed by atoms with Gasteiger partial charge >= 0.3 is 0 Å². The predicted octanol–water partition coefficient (Wildman–Crippen LogP) is 2.59. The zero-order chi connectivity index (χ0) is 15.4. The summed E-state index contributed by atoms with van der Waals surface area (Å²) in [5.74, 6) is 0. The minimum atomic E-state index is -0.428. The second-order valence-corrected chi connectivity index (χ2v) is 5.94. The number of halogens is 1. The zero-order valence-corrected chi connectivity index (χ0v) is 13.2. The standard InChI is InChI=1S/C17H20ClN3O/c18-17-12-15(6-7-19-17)21-10-8-20(9-11-21)13-16(22)14-4-2-1-3-5-14/h1-7,12,16,22H,8-11,13H2. The van der Waals surface area contributed by atoms with Crippen LogP contribution in [0, 0.1) is 0 Å². The smallest absolute Gasteiger partial charge is 0.131 e. The van der Waals surface area contributed by atoms with Crippen LogP contribution in [0.5, 0.6) is 0 Å². The molecule has 1 aliphatic heterocycles. The van der Waals surface area contributed by atoms with Gasteiger partial charge in [-0.2, -0.15) is 0 Å². The van der Waals surface area contributed by atoms with Gasteiger partial charge in [-0.3, -0.25) is 4.90 Å². The van der Waals surface area contributed by atoms with Crippen LogP contribution in [0.4, 0.5) is 5.69 Å². The van der Waals surface area contributed by atoms with E-state index in [0.29, 0.717) is 11.7 Å². The number of anilines is 1. The van der Waals surface area contributed by atoms with E-state index < -0.39 is 6.10 Å². The molecule has 4 nitrogen and oxygen atoms in total. The molecule has 0 aliphatic carbocycles. The van der Waals surface area contributed by atoms with Crippen molar-refractivity contribution in [2.75, 3.05) is 37.6 Å². The first kappa shape index (κ1) is 15.3. The number of aliphatic hydroxyl groups is 1. The third-order valence-electron chi connectivity index (χ3n) is 4.06. The van der Waals surface area contributed by atoms with Crippen molar-refractivity contribution < 1.29 is 5.11 Å². The Morgan fingerprint density at radius 3 is 2.50 bits per heavy atom. The monoisotopic (exact) mass is 317 g/mol. The molecule has 1 aromatic heterocycles. The van der Waals surface area contributed by atoms with Gasteiger partial charge in [0.2, 0.25) is 0 Å². The lowest BCUT2D eigenvalue weighted by Gasteiger charge is -2.36. The van der Waals surface area contributed by atoms with Crippen molar-refractivity contribution in [2.45, 2.75) is 6.10 Å². The lowest BCUT2D eigenvalue weighted by Crippen LogP contribution is -2.47. The van der Waals surface area contributed by atoms with Crippen molar-refractivity contribution in [3.63, 3.8) is 0 Å². The SMILES string of the molecule is OC(CN1CCN(c2ccnc(Cl)c2)CC1)c1ccccc1. The first-order valence-electron chi connectivity index (χ1n) is 7.54. The molecule has 1 atom stereocenters. The van der Waals surface area contributed by atoms with Crippen LogP contribution in [0.25, 0.3) is 0 Å². The number of nitrogens with zero attached hydrogens (tertiary/aromatic N) is 3. The molecule has 1 aromatic carbocycles. The van der Waals surface area contributed by atoms with Crippen molar-refractivity contribution in [3.8, 4) is 0 Å². The van der Waals surface area contributed by atoms with E-state index in [1.54, 1.807) is 6.20 Å². The van der Waals surface area contributed by atoms with Gasteiger partial charge in [-0.15, -0.1) is 0 Å². The highest BCUT2D eigenvalue weighted by atomic mass is 35.5. The molecule has 1 fully saturated rings. The van der Waals surface area contributed by atoms with Gasteiger partial charge in [-0.05, 0) is 17.7 Å². The van der Waals surface area contributed by atoms with E-state index in [2.05, 4.69) is 14.8 Å². The molecule has 2 heterocycles. The van der Waals surface area contributed by atoms with E-state index in [0.717, 1.165) is 37.4 Å². The summed E-state index contributed by atoms with van der Waals surface area (Å²) in [5, 5.41) is 10.8. The maximum atomic E-state index is 10.3. The van der Waals surface area contributed by atoms with Crippen LogP contribution < -0.4 is 4.90 Å². The minimum absolute atomic E-state index is 0.428. The Hall–Kier alpha value is -1.62. The molecule has 2 aromatic rings. The number of hydrogen-bond acceptors (Lipinski definition) is 4. The fraction of sp³-hybridized carbons (Fsp3) is 0.353. The lowest BCUT2D eigenvalue weighted by molar-refractivity contribution is 0.109. The van der Waals surface area contributed by atoms with Crippen LogP contribution in [-0.2, 0) is 0 Å². The Balaban J connectivity index is 1.54. The molecule has 22 heavy (non-hydrogen) atoms. The van der Waals surface area contributed by atoms with Gasteiger partial charge in [0.1, 0.15) is 5.15 Å². The molecular formula is C17H20ClN3O. The molecule has 1 aliphatic rings. The third kappa shape index (κ3) is 3.77. The van der Waals surface area contributed by atoms with Crippen LogP contribution in [0.1, 0.15) is 11.7 Å². The number of pyridine rings is 1. The number of rotatable bonds is 4. The topological polar surface area (TPSA) is 39.6 Å². The zero-order valence-electron chi connectivity index (χ0n) is 12.4. The van der Waals surface area contributed by atoms with Crippen LogP contribution in [0.2, 0.25) is 5.15 Å². The summed E-state index contributed by atoms with van der Waals surface area (Å²) < 4.78 is 0. The number of aromatic nitrogens is 1. The molecule has 0 saturated carbocycles. The van der Waals surface area contributed by atoms with Crippen LogP contribution in [0.15, 0.2) is 48.7 Å². The molecule has 1 N–H and O–H groups in total. The van der Waals surface area contributed by atoms with Gasteiger partial charge in [-0.25, -0.2) is 4.98 Å². The largest absolute Gasteiger partial charge is 0.387 e. The first-order chi connectivity index (χ1) is 10.7. The molecule has 1 saturated heterocycles. The third-order valence-corrected chi connectivity index (χ3v) is 4.27. The highest BCUT2D eigenvalue weighted by Crippen LogP contribution is 2.20. The Labute approximate surface area is 136 Å². The minimum Gasteiger partial charge on any atom is -0.387 e. The number of piperazine rings is 1. The summed E-state index contributed by atoms with van der Waals surface area (Å²) >= 11 is 5.95. The number of benzene rings is 1. The van der Waals surface area contributed by atoms with Crippen molar-refractivity contribution in [2.24, 2.45) is 0 Å². The quantitative estimate of drug-likeness (QED) is 0.880. The molecule has 0 bridgehead atoms. The Bertz CT molecular complexity index is 600. The molecule has 0 radical (unpaired) electrons. The fourth-order valence-corrected chi connectivity index (χ4v) is 2.97. The van der Waals surface area contributed by atoms with E-state index in [9.17, 15) is 5.11 Å². The van der Waals surface area contributed by atoms with E-state index in [4.69, 9.17) is 11.6 Å². The van der Waals surface area contributed by atoms with Gasteiger partial charge in [0.25, 0.3) is 0 Å². The van der Waals surface area contributed by atoms with Crippen LogP contribution in [-0.4, -0.2) is 47.7 Å². The summed E-state index contributed by atoms with van der Waals surface area (Å²) in [5.41, 5.74) is 2.09. The van der Waals surface area contributed by atoms with Crippen LogP contribution >= 0.6 is 11.6 Å². The molecule has 1 unspecified atom stereocenters. The summed E-state index contributed by atoms with van der Waals surface area (Å²) in [4.78, 5) is 8.62. The van der Waals surface area contributed by atoms with Gasteiger partial charge in [0, 0.05) is 44.6 Å². The average Bonchev–Trinajstić information content (AvgIpc) is 2.56. The molecule has 0 spiro atoms. The fourth-order valence-electron chi connectivity index (χ4n) is 2.80. The Morgan fingerprint density at radius 1 is 1.09 bits per heavy atom. The Kier molecular flexibility index (Phi) is 4.93. The maximum Gasteiger partial charge on any atom is 0.131 e. The van der Waals surface area contributed by atoms with Crippen molar-refractivity contribution in [3.05, 3.63) is 59.4 Å². The second kappa shape index (κ2) is 7.09. The number of β-amino-alcohol motifs (C(OH)–C–C–N with tert-alkyl or cyclic N) is 1. The van der Waals surface area contributed by atoms with E-state index in [-0.39, 0.29) is 0 Å². The highest BCUT2D eigenvalue weighted by Gasteiger charge is 2.20. The molecule has 0 amide bonds. The molecule has 3 rings (SSSR count). The van der Waals surface area contributed by atoms with Crippen LogP contribution in [0.3, 0.4) is 0 Å². The van der Waals surface area contributed by atoms with Gasteiger partial charge in [0.15, 0.2) is 0 Å². The van der Waals surface area contributed by atoms with Gasteiger partial charge in [0.05, 0.1) is 6.10 Å². The molecule has 5 heteroatoms. The normalized spacial score (nSPS) is 17.5. The maximum absolute atomic E-state index is 10.3. The number of hydrogen-bond donors (Lipinski definition) is 1. The van der Waals surface area contributed by atoms with E-state index in [1.165, 1.54) is 0 Å². The highest BCUT2D eigenvalue weighted by molar-refractivity contribution is 6.29.